The van der Waals surface area contributed by atoms with Crippen molar-refractivity contribution in [3.05, 3.63) is 34.9 Å². The predicted octanol–water partition coefficient (Wildman–Crippen LogP) is 2.42. The van der Waals surface area contributed by atoms with Crippen LogP contribution in [0.5, 0.6) is 0 Å². The van der Waals surface area contributed by atoms with Crippen LogP contribution in [-0.2, 0) is 10.0 Å². The second kappa shape index (κ2) is 6.89. The normalized spacial score (nSPS) is 18.9. The molecule has 6 heteroatoms. The Morgan fingerprint density at radius 1 is 1.20 bits per heavy atom. The van der Waals surface area contributed by atoms with Gasteiger partial charge >= 0.3 is 0 Å². The molecule has 0 aromatic heterocycles. The van der Waals surface area contributed by atoms with E-state index in [9.17, 15) is 8.42 Å². The standard InChI is InChI=1S/C14H21ClN2O2S/c1-20(18,19)16-11-14(17-9-3-2-4-10-17)12-5-7-13(15)8-6-12/h5-8,14,16H,2-4,9-11H2,1H3/t14-/m0/s1. The van der Waals surface area contributed by atoms with Crippen molar-refractivity contribution < 1.29 is 8.42 Å². The Balaban J connectivity index is 2.16. The van der Waals surface area contributed by atoms with Crippen molar-refractivity contribution in [3.63, 3.8) is 0 Å². The van der Waals surface area contributed by atoms with Gasteiger partial charge in [-0.3, -0.25) is 4.90 Å². The van der Waals surface area contributed by atoms with E-state index in [2.05, 4.69) is 9.62 Å². The van der Waals surface area contributed by atoms with Crippen LogP contribution in [0.15, 0.2) is 24.3 Å². The van der Waals surface area contributed by atoms with E-state index in [1.807, 2.05) is 24.3 Å². The van der Waals surface area contributed by atoms with Gasteiger partial charge in [0, 0.05) is 17.6 Å². The van der Waals surface area contributed by atoms with Crippen LogP contribution in [0.2, 0.25) is 5.02 Å². The molecule has 0 unspecified atom stereocenters. The zero-order chi connectivity index (χ0) is 14.6. The Bertz CT molecular complexity index is 525. The summed E-state index contributed by atoms with van der Waals surface area (Å²) in [6.07, 6.45) is 4.79. The predicted molar refractivity (Wildman–Crippen MR) is 82.5 cm³/mol. The fourth-order valence-corrected chi connectivity index (χ4v) is 3.19. The summed E-state index contributed by atoms with van der Waals surface area (Å²) in [6, 6.07) is 7.74. The number of piperidine rings is 1. The first-order chi connectivity index (χ1) is 9.46. The fraction of sp³-hybridized carbons (Fsp3) is 0.571. The number of halogens is 1. The summed E-state index contributed by atoms with van der Waals surface area (Å²) in [5, 5.41) is 0.696. The Hall–Kier alpha value is -0.620. The van der Waals surface area contributed by atoms with Gasteiger partial charge in [-0.1, -0.05) is 30.2 Å². The van der Waals surface area contributed by atoms with Gasteiger partial charge in [-0.15, -0.1) is 0 Å². The average molecular weight is 317 g/mol. The van der Waals surface area contributed by atoms with Gasteiger partial charge in [0.2, 0.25) is 10.0 Å². The number of nitrogens with zero attached hydrogens (tertiary/aromatic N) is 1. The van der Waals surface area contributed by atoms with Gasteiger partial charge in [0.15, 0.2) is 0 Å². The lowest BCUT2D eigenvalue weighted by Gasteiger charge is -2.35. The molecule has 2 rings (SSSR count). The number of nitrogens with one attached hydrogen (secondary N) is 1. The van der Waals surface area contributed by atoms with Gasteiger partial charge in [0.1, 0.15) is 0 Å². The van der Waals surface area contributed by atoms with Gasteiger partial charge in [-0.05, 0) is 43.6 Å². The largest absolute Gasteiger partial charge is 0.295 e. The van der Waals surface area contributed by atoms with Crippen molar-refractivity contribution >= 4 is 21.6 Å². The summed E-state index contributed by atoms with van der Waals surface area (Å²) in [6.45, 7) is 2.43. The van der Waals surface area contributed by atoms with Crippen LogP contribution in [0.1, 0.15) is 30.9 Å². The molecule has 0 saturated carbocycles. The first-order valence-electron chi connectivity index (χ1n) is 6.90. The molecule has 1 saturated heterocycles. The number of benzene rings is 1. The maximum absolute atomic E-state index is 11.4. The number of rotatable bonds is 5. The highest BCUT2D eigenvalue weighted by atomic mass is 35.5. The summed E-state index contributed by atoms with van der Waals surface area (Å²) in [5.74, 6) is 0. The summed E-state index contributed by atoms with van der Waals surface area (Å²) in [4.78, 5) is 2.35. The fourth-order valence-electron chi connectivity index (χ4n) is 2.60. The molecule has 1 fully saturated rings. The summed E-state index contributed by atoms with van der Waals surface area (Å²) in [5.41, 5.74) is 1.10. The molecule has 0 aliphatic carbocycles. The summed E-state index contributed by atoms with van der Waals surface area (Å²) in [7, 11) is -3.18. The molecule has 1 atom stereocenters. The minimum absolute atomic E-state index is 0.0716. The van der Waals surface area contributed by atoms with Crippen LogP contribution >= 0.6 is 11.6 Å². The number of hydrogen-bond acceptors (Lipinski definition) is 3. The Kier molecular flexibility index (Phi) is 5.43. The van der Waals surface area contributed by atoms with Crippen molar-refractivity contribution in [2.45, 2.75) is 25.3 Å². The minimum atomic E-state index is -3.18. The lowest BCUT2D eigenvalue weighted by Crippen LogP contribution is -2.40. The highest BCUT2D eigenvalue weighted by Gasteiger charge is 2.23. The van der Waals surface area contributed by atoms with E-state index >= 15 is 0 Å². The molecule has 1 heterocycles. The third kappa shape index (κ3) is 4.74. The van der Waals surface area contributed by atoms with Gasteiger partial charge in [0.25, 0.3) is 0 Å². The number of sulfonamides is 1. The lowest BCUT2D eigenvalue weighted by molar-refractivity contribution is 0.165. The van der Waals surface area contributed by atoms with E-state index in [1.165, 1.54) is 25.5 Å². The molecular formula is C14H21ClN2O2S. The van der Waals surface area contributed by atoms with Crippen molar-refractivity contribution in [2.24, 2.45) is 0 Å². The van der Waals surface area contributed by atoms with Crippen LogP contribution in [0.3, 0.4) is 0 Å². The molecule has 112 valence electrons. The topological polar surface area (TPSA) is 49.4 Å². The molecule has 0 spiro atoms. The monoisotopic (exact) mass is 316 g/mol. The van der Waals surface area contributed by atoms with Crippen molar-refractivity contribution in [1.82, 2.24) is 9.62 Å². The van der Waals surface area contributed by atoms with Crippen LogP contribution in [0.4, 0.5) is 0 Å². The van der Waals surface area contributed by atoms with E-state index < -0.39 is 10.0 Å². The van der Waals surface area contributed by atoms with Gasteiger partial charge in [-0.25, -0.2) is 13.1 Å². The second-order valence-corrected chi connectivity index (χ2v) is 7.55. The molecule has 1 aromatic rings. The molecule has 0 radical (unpaired) electrons. The third-order valence-corrected chi connectivity index (χ3v) is 4.57. The smallest absolute Gasteiger partial charge is 0.208 e. The Morgan fingerprint density at radius 2 is 1.80 bits per heavy atom. The zero-order valence-electron chi connectivity index (χ0n) is 11.7. The minimum Gasteiger partial charge on any atom is -0.295 e. The summed E-state index contributed by atoms with van der Waals surface area (Å²) >= 11 is 5.93. The van der Waals surface area contributed by atoms with E-state index in [4.69, 9.17) is 11.6 Å². The van der Waals surface area contributed by atoms with Crippen LogP contribution in [0.25, 0.3) is 0 Å². The first-order valence-corrected chi connectivity index (χ1v) is 9.17. The van der Waals surface area contributed by atoms with Gasteiger partial charge in [0.05, 0.1) is 6.26 Å². The van der Waals surface area contributed by atoms with E-state index in [0.717, 1.165) is 18.7 Å². The molecule has 0 bridgehead atoms. The lowest BCUT2D eigenvalue weighted by atomic mass is 10.0. The maximum Gasteiger partial charge on any atom is 0.208 e. The zero-order valence-corrected chi connectivity index (χ0v) is 13.3. The molecule has 1 aliphatic heterocycles. The molecular weight excluding hydrogens is 296 g/mol. The molecule has 1 aromatic carbocycles. The number of likely N-dealkylation sites (tertiary alicyclic amines) is 1. The SMILES string of the molecule is CS(=O)(=O)NC[C@@H](c1ccc(Cl)cc1)N1CCCCC1. The maximum atomic E-state index is 11.4. The average Bonchev–Trinajstić information content (AvgIpc) is 2.41. The van der Waals surface area contributed by atoms with E-state index in [-0.39, 0.29) is 6.04 Å². The molecule has 20 heavy (non-hydrogen) atoms. The van der Waals surface area contributed by atoms with Crippen molar-refractivity contribution in [1.29, 1.82) is 0 Å². The van der Waals surface area contributed by atoms with Gasteiger partial charge in [-0.2, -0.15) is 0 Å². The van der Waals surface area contributed by atoms with Crippen LogP contribution < -0.4 is 4.72 Å². The Labute approximate surface area is 126 Å². The van der Waals surface area contributed by atoms with Crippen LogP contribution in [0, 0.1) is 0 Å². The first kappa shape index (κ1) is 15.8. The molecule has 1 N–H and O–H groups in total. The van der Waals surface area contributed by atoms with E-state index in [0.29, 0.717) is 11.6 Å². The van der Waals surface area contributed by atoms with Crippen molar-refractivity contribution in [2.75, 3.05) is 25.9 Å². The Morgan fingerprint density at radius 3 is 2.35 bits per heavy atom. The highest BCUT2D eigenvalue weighted by Crippen LogP contribution is 2.25. The summed E-state index contributed by atoms with van der Waals surface area (Å²) < 4.78 is 25.3. The quantitative estimate of drug-likeness (QED) is 0.907. The molecule has 0 amide bonds. The van der Waals surface area contributed by atoms with Crippen molar-refractivity contribution in [3.8, 4) is 0 Å². The highest BCUT2D eigenvalue weighted by molar-refractivity contribution is 7.88. The molecule has 1 aliphatic rings. The second-order valence-electron chi connectivity index (χ2n) is 5.28. The van der Waals surface area contributed by atoms with E-state index in [1.54, 1.807) is 0 Å². The van der Waals surface area contributed by atoms with Gasteiger partial charge < -0.3 is 0 Å². The molecule has 4 nitrogen and oxygen atoms in total. The number of hydrogen-bond donors (Lipinski definition) is 1. The van der Waals surface area contributed by atoms with Crippen LogP contribution in [-0.4, -0.2) is 39.2 Å². The third-order valence-electron chi connectivity index (χ3n) is 3.63.